The second kappa shape index (κ2) is 8.55. The number of aryl methyl sites for hydroxylation is 2. The highest BCUT2D eigenvalue weighted by Gasteiger charge is 2.26. The van der Waals surface area contributed by atoms with Crippen molar-refractivity contribution in [2.75, 3.05) is 29.5 Å². The molecule has 0 bridgehead atoms. The molecule has 1 aliphatic rings. The third-order valence-electron chi connectivity index (χ3n) is 5.30. The number of amides is 1. The summed E-state index contributed by atoms with van der Waals surface area (Å²) >= 11 is 0. The Hall–Kier alpha value is -3.52. The van der Waals surface area contributed by atoms with Crippen molar-refractivity contribution in [3.05, 3.63) is 77.4 Å². The van der Waals surface area contributed by atoms with Gasteiger partial charge < -0.3 is 14.4 Å². The first-order chi connectivity index (χ1) is 15.3. The summed E-state index contributed by atoms with van der Waals surface area (Å²) in [6.07, 6.45) is 0.351. The summed E-state index contributed by atoms with van der Waals surface area (Å²) in [5.74, 6) is 1.30. The van der Waals surface area contributed by atoms with Gasteiger partial charge in [0.25, 0.3) is 5.91 Å². The van der Waals surface area contributed by atoms with E-state index in [1.54, 1.807) is 38.4 Å². The highest BCUT2D eigenvalue weighted by molar-refractivity contribution is 7.92. The average Bonchev–Trinajstić information content (AvgIpc) is 2.88. The highest BCUT2D eigenvalue weighted by Crippen LogP contribution is 2.39. The van der Waals surface area contributed by atoms with Crippen LogP contribution in [0.4, 0.5) is 11.4 Å². The van der Waals surface area contributed by atoms with Crippen LogP contribution in [0.15, 0.2) is 60.7 Å². The third kappa shape index (κ3) is 4.55. The average molecular weight is 453 g/mol. The number of carbonyl (C=O) groups is 1. The highest BCUT2D eigenvalue weighted by atomic mass is 32.2. The predicted octanol–water partition coefficient (Wildman–Crippen LogP) is 4.37. The molecule has 7 nitrogen and oxygen atoms in total. The first kappa shape index (κ1) is 21.7. The molecule has 166 valence electrons. The van der Waals surface area contributed by atoms with Crippen LogP contribution in [0, 0.1) is 6.92 Å². The van der Waals surface area contributed by atoms with Gasteiger partial charge in [0.1, 0.15) is 11.5 Å². The zero-order valence-electron chi connectivity index (χ0n) is 18.1. The number of rotatable bonds is 6. The summed E-state index contributed by atoms with van der Waals surface area (Å²) in [5, 5.41) is 0. The fourth-order valence-corrected chi connectivity index (χ4v) is 4.60. The number of hydrogen-bond acceptors (Lipinski definition) is 5. The van der Waals surface area contributed by atoms with Crippen LogP contribution in [0.3, 0.4) is 0 Å². The number of nitrogens with zero attached hydrogens (tertiary/aromatic N) is 1. The summed E-state index contributed by atoms with van der Waals surface area (Å²) in [7, 11) is -0.369. The molecule has 0 unspecified atom stereocenters. The fraction of sp³-hybridized carbons (Fsp3) is 0.208. The molecule has 3 aromatic carbocycles. The lowest BCUT2D eigenvalue weighted by Gasteiger charge is -2.17. The van der Waals surface area contributed by atoms with E-state index in [1.807, 2.05) is 37.3 Å². The molecule has 0 atom stereocenters. The molecule has 8 heteroatoms. The van der Waals surface area contributed by atoms with Gasteiger partial charge in [0.2, 0.25) is 10.0 Å². The Morgan fingerprint density at radius 3 is 2.44 bits per heavy atom. The Morgan fingerprint density at radius 2 is 1.72 bits per heavy atom. The normalized spacial score (nSPS) is 13.0. The maximum atomic E-state index is 13.0. The molecule has 1 N–H and O–H groups in total. The number of fused-ring (bicyclic) bond motifs is 2. The number of anilines is 2. The number of benzene rings is 3. The number of methoxy groups -OCH3 is 1. The molecule has 0 aliphatic carbocycles. The SMILES string of the molecule is COc1ccc(CCS(=O)(=O)Nc2ccc3c(c2)C(=O)N(C)c2cc(C)ccc2O3)cc1. The van der Waals surface area contributed by atoms with Gasteiger partial charge >= 0.3 is 0 Å². The minimum absolute atomic E-state index is 0.0918. The van der Waals surface area contributed by atoms with Gasteiger partial charge in [-0.2, -0.15) is 0 Å². The van der Waals surface area contributed by atoms with E-state index >= 15 is 0 Å². The van der Waals surface area contributed by atoms with Crippen LogP contribution in [0.2, 0.25) is 0 Å². The van der Waals surface area contributed by atoms with Gasteiger partial charge in [-0.15, -0.1) is 0 Å². The molecular formula is C24H24N2O5S. The molecule has 0 aromatic heterocycles. The predicted molar refractivity (Wildman–Crippen MR) is 125 cm³/mol. The van der Waals surface area contributed by atoms with Gasteiger partial charge in [0.15, 0.2) is 5.75 Å². The van der Waals surface area contributed by atoms with Crippen molar-refractivity contribution in [2.45, 2.75) is 13.3 Å². The molecule has 3 aromatic rings. The molecule has 0 fully saturated rings. The molecule has 32 heavy (non-hydrogen) atoms. The van der Waals surface area contributed by atoms with Crippen molar-refractivity contribution < 1.29 is 22.7 Å². The molecule has 4 rings (SSSR count). The van der Waals surface area contributed by atoms with Crippen LogP contribution in [-0.2, 0) is 16.4 Å². The van der Waals surface area contributed by atoms with Gasteiger partial charge in [-0.25, -0.2) is 8.42 Å². The van der Waals surface area contributed by atoms with Gasteiger partial charge in [0, 0.05) is 12.7 Å². The summed E-state index contributed by atoms with van der Waals surface area (Å²) in [5.41, 5.74) is 3.15. The maximum Gasteiger partial charge on any atom is 0.261 e. The fourth-order valence-electron chi connectivity index (χ4n) is 3.51. The molecular weight excluding hydrogens is 428 g/mol. The van der Waals surface area contributed by atoms with Crippen molar-refractivity contribution in [2.24, 2.45) is 0 Å². The molecule has 1 aliphatic heterocycles. The van der Waals surface area contributed by atoms with Crippen LogP contribution in [0.5, 0.6) is 17.2 Å². The van der Waals surface area contributed by atoms with Crippen molar-refractivity contribution in [1.82, 2.24) is 0 Å². The Labute approximate surface area is 187 Å². The van der Waals surface area contributed by atoms with E-state index in [9.17, 15) is 13.2 Å². The largest absolute Gasteiger partial charge is 0.497 e. The second-order valence-electron chi connectivity index (χ2n) is 7.67. The summed E-state index contributed by atoms with van der Waals surface area (Å²) in [4.78, 5) is 14.6. The van der Waals surface area contributed by atoms with E-state index < -0.39 is 10.0 Å². The number of nitrogens with one attached hydrogen (secondary N) is 1. The summed E-state index contributed by atoms with van der Waals surface area (Å²) in [6, 6.07) is 17.6. The first-order valence-electron chi connectivity index (χ1n) is 10.1. The van der Waals surface area contributed by atoms with Crippen molar-refractivity contribution in [3.63, 3.8) is 0 Å². The molecule has 0 radical (unpaired) electrons. The van der Waals surface area contributed by atoms with Crippen LogP contribution in [-0.4, -0.2) is 34.2 Å². The Bertz CT molecular complexity index is 1270. The second-order valence-corrected chi connectivity index (χ2v) is 9.51. The topological polar surface area (TPSA) is 84.9 Å². The van der Waals surface area contributed by atoms with E-state index in [1.165, 1.54) is 11.0 Å². The van der Waals surface area contributed by atoms with Crippen LogP contribution in [0.1, 0.15) is 21.5 Å². The summed E-state index contributed by atoms with van der Waals surface area (Å²) < 4.78 is 38.9. The number of carbonyl (C=O) groups excluding carboxylic acids is 1. The standard InChI is InChI=1S/C24H24N2O5S/c1-16-4-10-23-21(14-16)26(2)24(27)20-15-18(7-11-22(20)31-23)25-32(28,29)13-12-17-5-8-19(30-3)9-6-17/h4-11,14-15,25H,12-13H2,1-3H3. The van der Waals surface area contributed by atoms with E-state index in [-0.39, 0.29) is 17.2 Å². The van der Waals surface area contributed by atoms with Crippen molar-refractivity contribution in [3.8, 4) is 17.2 Å². The van der Waals surface area contributed by atoms with E-state index in [0.29, 0.717) is 35.0 Å². The minimum Gasteiger partial charge on any atom is -0.497 e. The van der Waals surface area contributed by atoms with Crippen molar-refractivity contribution in [1.29, 1.82) is 0 Å². The van der Waals surface area contributed by atoms with Gasteiger partial charge in [-0.05, 0) is 66.9 Å². The van der Waals surface area contributed by atoms with Crippen molar-refractivity contribution >= 4 is 27.3 Å². The van der Waals surface area contributed by atoms with E-state index in [4.69, 9.17) is 9.47 Å². The molecule has 0 saturated carbocycles. The zero-order valence-corrected chi connectivity index (χ0v) is 18.9. The minimum atomic E-state index is -3.62. The monoisotopic (exact) mass is 452 g/mol. The molecule has 0 spiro atoms. The van der Waals surface area contributed by atoms with Gasteiger partial charge in [0.05, 0.1) is 24.1 Å². The van der Waals surface area contributed by atoms with Gasteiger partial charge in [-0.1, -0.05) is 18.2 Å². The van der Waals surface area contributed by atoms with Crippen LogP contribution < -0.4 is 19.1 Å². The number of sulfonamides is 1. The maximum absolute atomic E-state index is 13.0. The molecule has 1 amide bonds. The lowest BCUT2D eigenvalue weighted by Crippen LogP contribution is -2.25. The van der Waals surface area contributed by atoms with Gasteiger partial charge in [-0.3, -0.25) is 9.52 Å². The van der Waals surface area contributed by atoms with Crippen LogP contribution in [0.25, 0.3) is 0 Å². The molecule has 1 heterocycles. The number of ether oxygens (including phenoxy) is 2. The Balaban J connectivity index is 1.52. The third-order valence-corrected chi connectivity index (χ3v) is 6.59. The van der Waals surface area contributed by atoms with Crippen LogP contribution >= 0.6 is 0 Å². The summed E-state index contributed by atoms with van der Waals surface area (Å²) in [6.45, 7) is 1.94. The molecule has 0 saturated heterocycles. The zero-order chi connectivity index (χ0) is 22.9. The first-order valence-corrected chi connectivity index (χ1v) is 11.7. The number of hydrogen-bond donors (Lipinski definition) is 1. The smallest absolute Gasteiger partial charge is 0.261 e. The Kier molecular flexibility index (Phi) is 5.80. The quantitative estimate of drug-likeness (QED) is 0.600. The Morgan fingerprint density at radius 1 is 1.00 bits per heavy atom. The lowest BCUT2D eigenvalue weighted by molar-refractivity contribution is 0.0993. The van der Waals surface area contributed by atoms with E-state index in [0.717, 1.165) is 11.1 Å². The lowest BCUT2D eigenvalue weighted by atomic mass is 10.1. The van der Waals surface area contributed by atoms with E-state index in [2.05, 4.69) is 4.72 Å².